The molecule has 6 nitrogen and oxygen atoms in total. The van der Waals surface area contributed by atoms with E-state index in [2.05, 4.69) is 15.7 Å². The molecule has 3 aromatic rings. The normalized spacial score (nSPS) is 15.4. The molecule has 1 atom stereocenters. The van der Waals surface area contributed by atoms with Gasteiger partial charge >= 0.3 is 6.18 Å². The number of fused-ring (bicyclic) bond motifs is 1. The number of nitrogens with zero attached hydrogens (tertiary/aromatic N) is 2. The summed E-state index contributed by atoms with van der Waals surface area (Å²) in [7, 11) is 0. The van der Waals surface area contributed by atoms with Crippen molar-refractivity contribution in [3.63, 3.8) is 0 Å². The van der Waals surface area contributed by atoms with Crippen molar-refractivity contribution in [1.82, 2.24) is 9.78 Å². The van der Waals surface area contributed by atoms with Gasteiger partial charge in [0.05, 0.1) is 22.7 Å². The van der Waals surface area contributed by atoms with E-state index in [9.17, 15) is 22.8 Å². The molecule has 11 heteroatoms. The van der Waals surface area contributed by atoms with Gasteiger partial charge < -0.3 is 10.6 Å². The highest BCUT2D eigenvalue weighted by Gasteiger charge is 2.37. The lowest BCUT2D eigenvalue weighted by molar-refractivity contribution is -0.137. The Labute approximate surface area is 190 Å². The van der Waals surface area contributed by atoms with Crippen LogP contribution < -0.4 is 10.6 Å². The summed E-state index contributed by atoms with van der Waals surface area (Å²) in [5.41, 5.74) is 0.988. The first-order valence-electron chi connectivity index (χ1n) is 9.37. The van der Waals surface area contributed by atoms with Crippen LogP contribution in [0.15, 0.2) is 42.5 Å². The Morgan fingerprint density at radius 3 is 2.53 bits per heavy atom. The van der Waals surface area contributed by atoms with Crippen molar-refractivity contribution >= 4 is 46.5 Å². The van der Waals surface area contributed by atoms with Crippen LogP contribution in [-0.2, 0) is 15.8 Å². The van der Waals surface area contributed by atoms with Gasteiger partial charge in [0, 0.05) is 16.3 Å². The van der Waals surface area contributed by atoms with Gasteiger partial charge in [0.2, 0.25) is 5.91 Å². The fourth-order valence-corrected chi connectivity index (χ4v) is 3.90. The van der Waals surface area contributed by atoms with E-state index < -0.39 is 34.6 Å². The van der Waals surface area contributed by atoms with Gasteiger partial charge in [-0.05, 0) is 42.8 Å². The molecule has 1 aliphatic rings. The number of hydrogen-bond acceptors (Lipinski definition) is 3. The monoisotopic (exact) mass is 482 g/mol. The fraction of sp³-hybridized carbons (Fsp3) is 0.190. The third-order valence-electron chi connectivity index (χ3n) is 4.99. The van der Waals surface area contributed by atoms with Crippen LogP contribution in [-0.4, -0.2) is 21.6 Å². The number of hydrogen-bond donors (Lipinski definition) is 2. The van der Waals surface area contributed by atoms with Gasteiger partial charge in [-0.25, -0.2) is 4.68 Å². The predicted octanol–water partition coefficient (Wildman–Crippen LogP) is 5.71. The molecular formula is C21H15Cl2F3N4O2. The Morgan fingerprint density at radius 2 is 1.88 bits per heavy atom. The second-order valence-electron chi connectivity index (χ2n) is 7.21. The average molecular weight is 483 g/mol. The Kier molecular flexibility index (Phi) is 5.64. The quantitative estimate of drug-likeness (QED) is 0.500. The van der Waals surface area contributed by atoms with Gasteiger partial charge in [-0.15, -0.1) is 0 Å². The van der Waals surface area contributed by atoms with Gasteiger partial charge in [0.25, 0.3) is 5.91 Å². The molecule has 1 unspecified atom stereocenters. The van der Waals surface area contributed by atoms with E-state index in [-0.39, 0.29) is 12.1 Å². The first-order valence-corrected chi connectivity index (χ1v) is 10.1. The van der Waals surface area contributed by atoms with Crippen molar-refractivity contribution in [3.05, 3.63) is 63.8 Å². The number of carbonyl (C=O) groups is 2. The largest absolute Gasteiger partial charge is 0.417 e. The van der Waals surface area contributed by atoms with Crippen molar-refractivity contribution < 1.29 is 22.8 Å². The van der Waals surface area contributed by atoms with Crippen molar-refractivity contribution in [2.75, 3.05) is 10.6 Å². The number of anilines is 2. The molecule has 166 valence electrons. The van der Waals surface area contributed by atoms with Gasteiger partial charge in [-0.2, -0.15) is 18.3 Å². The standard InChI is InChI=1S/C21H15Cl2F3N4O2/c1-10-18(11-2-4-12(22)5-3-11)19-28-20(32)16(30(19)29-10)9-17(31)27-13-6-7-15(23)14(8-13)21(24,25)26/h2-8,16H,9H2,1H3,(H,27,31)(H,28,32). The molecule has 0 saturated carbocycles. The number of rotatable bonds is 4. The molecule has 1 aliphatic heterocycles. The lowest BCUT2D eigenvalue weighted by Crippen LogP contribution is -2.24. The summed E-state index contributed by atoms with van der Waals surface area (Å²) in [4.78, 5) is 25.0. The first kappa shape index (κ1) is 22.2. The fourth-order valence-electron chi connectivity index (χ4n) is 3.55. The van der Waals surface area contributed by atoms with E-state index in [4.69, 9.17) is 23.2 Å². The number of alkyl halides is 3. The number of benzene rings is 2. The summed E-state index contributed by atoms with van der Waals surface area (Å²) in [5.74, 6) is -0.641. The van der Waals surface area contributed by atoms with Crippen LogP contribution in [0.2, 0.25) is 10.0 Å². The minimum Gasteiger partial charge on any atom is -0.326 e. The number of carbonyl (C=O) groups excluding carboxylic acids is 2. The third-order valence-corrected chi connectivity index (χ3v) is 5.57. The Balaban J connectivity index is 1.56. The maximum atomic E-state index is 13.0. The molecule has 0 spiro atoms. The molecule has 0 fully saturated rings. The van der Waals surface area contributed by atoms with Crippen molar-refractivity contribution in [2.45, 2.75) is 25.6 Å². The van der Waals surface area contributed by atoms with E-state index in [0.29, 0.717) is 22.1 Å². The number of nitrogens with one attached hydrogen (secondary N) is 2. The van der Waals surface area contributed by atoms with E-state index in [1.54, 1.807) is 31.2 Å². The second-order valence-corrected chi connectivity index (χ2v) is 8.05. The number of halogens is 5. The molecule has 2 N–H and O–H groups in total. The zero-order valence-corrected chi connectivity index (χ0v) is 17.9. The summed E-state index contributed by atoms with van der Waals surface area (Å²) in [6, 6.07) is 9.11. The molecule has 0 saturated heterocycles. The molecule has 2 heterocycles. The molecule has 2 amide bonds. The highest BCUT2D eigenvalue weighted by atomic mass is 35.5. The van der Waals surface area contributed by atoms with Crippen LogP contribution >= 0.6 is 23.2 Å². The van der Waals surface area contributed by atoms with E-state index in [0.717, 1.165) is 17.7 Å². The van der Waals surface area contributed by atoms with E-state index >= 15 is 0 Å². The summed E-state index contributed by atoms with van der Waals surface area (Å²) in [6.45, 7) is 1.77. The lowest BCUT2D eigenvalue weighted by Gasteiger charge is -2.13. The van der Waals surface area contributed by atoms with Gasteiger partial charge in [-0.3, -0.25) is 9.59 Å². The lowest BCUT2D eigenvalue weighted by atomic mass is 10.1. The highest BCUT2D eigenvalue weighted by Crippen LogP contribution is 2.39. The minimum absolute atomic E-state index is 0.0798. The van der Waals surface area contributed by atoms with Crippen LogP contribution in [0.5, 0.6) is 0 Å². The minimum atomic E-state index is -4.66. The highest BCUT2D eigenvalue weighted by molar-refractivity contribution is 6.31. The number of aryl methyl sites for hydroxylation is 1. The van der Waals surface area contributed by atoms with Crippen molar-refractivity contribution in [2.24, 2.45) is 0 Å². The smallest absolute Gasteiger partial charge is 0.326 e. The summed E-state index contributed by atoms with van der Waals surface area (Å²) in [6.07, 6.45) is -4.98. The molecule has 0 radical (unpaired) electrons. The van der Waals surface area contributed by atoms with E-state index in [1.807, 2.05) is 0 Å². The summed E-state index contributed by atoms with van der Waals surface area (Å²) >= 11 is 11.5. The zero-order chi connectivity index (χ0) is 23.2. The van der Waals surface area contributed by atoms with Gasteiger partial charge in [0.1, 0.15) is 11.9 Å². The van der Waals surface area contributed by atoms with Crippen LogP contribution in [0.1, 0.15) is 23.7 Å². The van der Waals surface area contributed by atoms with Crippen molar-refractivity contribution in [3.8, 4) is 11.1 Å². The van der Waals surface area contributed by atoms with Crippen molar-refractivity contribution in [1.29, 1.82) is 0 Å². The van der Waals surface area contributed by atoms with Gasteiger partial charge in [-0.1, -0.05) is 35.3 Å². The second kappa shape index (κ2) is 8.14. The summed E-state index contributed by atoms with van der Waals surface area (Å²) in [5, 5.41) is 9.60. The SMILES string of the molecule is Cc1nn2c(c1-c1ccc(Cl)cc1)NC(=O)C2CC(=O)Nc1ccc(Cl)c(C(F)(F)F)c1. The van der Waals surface area contributed by atoms with Crippen LogP contribution in [0.3, 0.4) is 0 Å². The van der Waals surface area contributed by atoms with E-state index in [1.165, 1.54) is 10.7 Å². The molecule has 0 bridgehead atoms. The maximum absolute atomic E-state index is 13.0. The molecular weight excluding hydrogens is 468 g/mol. The first-order chi connectivity index (χ1) is 15.0. The molecule has 4 rings (SSSR count). The average Bonchev–Trinajstić information content (AvgIpc) is 3.17. The Morgan fingerprint density at radius 1 is 1.19 bits per heavy atom. The summed E-state index contributed by atoms with van der Waals surface area (Å²) < 4.78 is 40.6. The zero-order valence-electron chi connectivity index (χ0n) is 16.4. The number of amides is 2. The number of aromatic nitrogens is 2. The molecule has 1 aromatic heterocycles. The third kappa shape index (κ3) is 4.18. The van der Waals surface area contributed by atoms with Gasteiger partial charge in [0.15, 0.2) is 0 Å². The molecule has 2 aromatic carbocycles. The topological polar surface area (TPSA) is 76.0 Å². The Bertz CT molecular complexity index is 1220. The molecule has 32 heavy (non-hydrogen) atoms. The Hall–Kier alpha value is -3.04. The maximum Gasteiger partial charge on any atom is 0.417 e. The molecule has 0 aliphatic carbocycles. The van der Waals surface area contributed by atoms with Crippen LogP contribution in [0, 0.1) is 6.92 Å². The van der Waals surface area contributed by atoms with Crippen LogP contribution in [0.25, 0.3) is 11.1 Å². The van der Waals surface area contributed by atoms with Crippen LogP contribution in [0.4, 0.5) is 24.7 Å². The predicted molar refractivity (Wildman–Crippen MR) is 115 cm³/mol.